The highest BCUT2D eigenvalue weighted by Crippen LogP contribution is 2.11. The SMILES string of the molecule is CCCCC(CC)CNC(=NC)NCCN1CCN(C(C)=O)CC1.I. The van der Waals surface area contributed by atoms with E-state index in [1.54, 1.807) is 6.92 Å². The van der Waals surface area contributed by atoms with Crippen LogP contribution >= 0.6 is 24.0 Å². The minimum Gasteiger partial charge on any atom is -0.356 e. The topological polar surface area (TPSA) is 60.0 Å². The number of carbonyl (C=O) groups is 1. The van der Waals surface area contributed by atoms with Crippen LogP contribution in [0.1, 0.15) is 46.5 Å². The fourth-order valence-corrected chi connectivity index (χ4v) is 3.02. The Labute approximate surface area is 171 Å². The van der Waals surface area contributed by atoms with Crippen molar-refractivity contribution in [2.24, 2.45) is 10.9 Å². The van der Waals surface area contributed by atoms with E-state index in [9.17, 15) is 4.79 Å². The standard InChI is InChI=1S/C18H37N5O.HI/c1-5-7-8-17(6-2)15-21-18(19-4)20-9-10-22-11-13-23(14-12-22)16(3)24;/h17H,5-15H2,1-4H3,(H2,19,20,21);1H. The molecule has 2 N–H and O–H groups in total. The van der Waals surface area contributed by atoms with Crippen LogP contribution in [0.25, 0.3) is 0 Å². The Balaban J connectivity index is 0.00000576. The largest absolute Gasteiger partial charge is 0.356 e. The molecule has 1 aliphatic heterocycles. The van der Waals surface area contributed by atoms with Crippen molar-refractivity contribution in [3.05, 3.63) is 0 Å². The van der Waals surface area contributed by atoms with Gasteiger partial charge in [0.25, 0.3) is 0 Å². The highest BCUT2D eigenvalue weighted by Gasteiger charge is 2.17. The summed E-state index contributed by atoms with van der Waals surface area (Å²) in [5.41, 5.74) is 0. The van der Waals surface area contributed by atoms with Gasteiger partial charge in [0.05, 0.1) is 0 Å². The number of hydrogen-bond acceptors (Lipinski definition) is 3. The number of unbranched alkanes of at least 4 members (excludes halogenated alkanes) is 1. The van der Waals surface area contributed by atoms with E-state index >= 15 is 0 Å². The summed E-state index contributed by atoms with van der Waals surface area (Å²) in [5, 5.41) is 6.86. The number of piperazine rings is 1. The fraction of sp³-hybridized carbons (Fsp3) is 0.889. The molecule has 7 heteroatoms. The molecule has 0 spiro atoms. The van der Waals surface area contributed by atoms with E-state index in [1.807, 2.05) is 11.9 Å². The first-order chi connectivity index (χ1) is 11.6. The molecule has 1 heterocycles. The summed E-state index contributed by atoms with van der Waals surface area (Å²) in [6, 6.07) is 0. The maximum absolute atomic E-state index is 11.3. The van der Waals surface area contributed by atoms with E-state index in [2.05, 4.69) is 34.4 Å². The summed E-state index contributed by atoms with van der Waals surface area (Å²) in [5.74, 6) is 1.81. The highest BCUT2D eigenvalue weighted by molar-refractivity contribution is 14.0. The molecule has 25 heavy (non-hydrogen) atoms. The zero-order valence-corrected chi connectivity index (χ0v) is 18.8. The molecule has 0 radical (unpaired) electrons. The molecule has 0 aliphatic carbocycles. The van der Waals surface area contributed by atoms with Crippen LogP contribution in [0.15, 0.2) is 4.99 Å². The lowest BCUT2D eigenvalue weighted by Gasteiger charge is -2.34. The lowest BCUT2D eigenvalue weighted by atomic mass is 9.99. The van der Waals surface area contributed by atoms with Gasteiger partial charge in [-0.2, -0.15) is 0 Å². The second-order valence-electron chi connectivity index (χ2n) is 6.64. The quantitative estimate of drug-likeness (QED) is 0.310. The number of guanidine groups is 1. The van der Waals surface area contributed by atoms with Crippen molar-refractivity contribution in [3.63, 3.8) is 0 Å². The molecule has 1 fully saturated rings. The van der Waals surface area contributed by atoms with Gasteiger partial charge in [0.1, 0.15) is 0 Å². The number of aliphatic imine (C=N–C) groups is 1. The second kappa shape index (κ2) is 14.6. The van der Waals surface area contributed by atoms with Crippen LogP contribution in [0.4, 0.5) is 0 Å². The van der Waals surface area contributed by atoms with Gasteiger partial charge in [-0.05, 0) is 12.3 Å². The number of halogens is 1. The molecule has 1 saturated heterocycles. The normalized spacial score (nSPS) is 17.0. The number of nitrogens with zero attached hydrogens (tertiary/aromatic N) is 3. The maximum Gasteiger partial charge on any atom is 0.219 e. The van der Waals surface area contributed by atoms with Gasteiger partial charge < -0.3 is 15.5 Å². The number of hydrogen-bond donors (Lipinski definition) is 2. The third kappa shape index (κ3) is 10.2. The van der Waals surface area contributed by atoms with Crippen molar-refractivity contribution in [3.8, 4) is 0 Å². The van der Waals surface area contributed by atoms with Crippen molar-refractivity contribution < 1.29 is 4.79 Å². The van der Waals surface area contributed by atoms with Gasteiger partial charge in [0.2, 0.25) is 5.91 Å². The van der Waals surface area contributed by atoms with E-state index in [0.29, 0.717) is 0 Å². The molecule has 1 aliphatic rings. The number of amides is 1. The lowest BCUT2D eigenvalue weighted by Crippen LogP contribution is -2.50. The first-order valence-corrected chi connectivity index (χ1v) is 9.53. The second-order valence-corrected chi connectivity index (χ2v) is 6.64. The van der Waals surface area contributed by atoms with Gasteiger partial charge in [-0.3, -0.25) is 14.7 Å². The summed E-state index contributed by atoms with van der Waals surface area (Å²) in [6.45, 7) is 12.6. The molecule has 0 aromatic rings. The number of carbonyl (C=O) groups excluding carboxylic acids is 1. The predicted molar refractivity (Wildman–Crippen MR) is 117 cm³/mol. The van der Waals surface area contributed by atoms with Crippen molar-refractivity contribution in [2.45, 2.75) is 46.5 Å². The van der Waals surface area contributed by atoms with Crippen LogP contribution in [-0.4, -0.2) is 74.5 Å². The van der Waals surface area contributed by atoms with E-state index in [4.69, 9.17) is 0 Å². The van der Waals surface area contributed by atoms with Gasteiger partial charge in [0, 0.05) is 59.8 Å². The van der Waals surface area contributed by atoms with Crippen LogP contribution in [0.2, 0.25) is 0 Å². The summed E-state index contributed by atoms with van der Waals surface area (Å²) in [4.78, 5) is 20.0. The van der Waals surface area contributed by atoms with E-state index in [-0.39, 0.29) is 29.9 Å². The molecule has 0 aromatic carbocycles. The van der Waals surface area contributed by atoms with Crippen molar-refractivity contribution in [2.75, 3.05) is 52.9 Å². The molecule has 148 valence electrons. The van der Waals surface area contributed by atoms with Crippen LogP contribution in [0.3, 0.4) is 0 Å². The first kappa shape index (κ1) is 24.4. The molecule has 0 aromatic heterocycles. The van der Waals surface area contributed by atoms with Crippen molar-refractivity contribution in [1.82, 2.24) is 20.4 Å². The Morgan fingerprint density at radius 2 is 1.84 bits per heavy atom. The zero-order valence-electron chi connectivity index (χ0n) is 16.5. The Hall–Kier alpha value is -0.570. The maximum atomic E-state index is 11.3. The van der Waals surface area contributed by atoms with E-state index in [1.165, 1.54) is 25.7 Å². The Morgan fingerprint density at radius 1 is 1.16 bits per heavy atom. The Kier molecular flexibility index (Phi) is 14.3. The highest BCUT2D eigenvalue weighted by atomic mass is 127. The summed E-state index contributed by atoms with van der Waals surface area (Å²) in [7, 11) is 1.83. The number of rotatable bonds is 9. The summed E-state index contributed by atoms with van der Waals surface area (Å²) < 4.78 is 0. The van der Waals surface area contributed by atoms with Crippen LogP contribution in [0, 0.1) is 5.92 Å². The minimum atomic E-state index is 0. The monoisotopic (exact) mass is 467 g/mol. The lowest BCUT2D eigenvalue weighted by molar-refractivity contribution is -0.130. The molecule has 1 amide bonds. The fourth-order valence-electron chi connectivity index (χ4n) is 3.02. The van der Waals surface area contributed by atoms with Gasteiger partial charge in [0.15, 0.2) is 5.96 Å². The van der Waals surface area contributed by atoms with Crippen LogP contribution < -0.4 is 10.6 Å². The average molecular weight is 467 g/mol. The van der Waals surface area contributed by atoms with Crippen LogP contribution in [0.5, 0.6) is 0 Å². The summed E-state index contributed by atoms with van der Waals surface area (Å²) in [6.07, 6.45) is 5.07. The van der Waals surface area contributed by atoms with E-state index < -0.39 is 0 Å². The predicted octanol–water partition coefficient (Wildman–Crippen LogP) is 2.15. The Morgan fingerprint density at radius 3 is 2.36 bits per heavy atom. The number of nitrogens with one attached hydrogen (secondary N) is 2. The minimum absolute atomic E-state index is 0. The Bertz CT molecular complexity index is 384. The molecule has 1 atom stereocenters. The molecular weight excluding hydrogens is 429 g/mol. The molecule has 1 unspecified atom stereocenters. The third-order valence-corrected chi connectivity index (χ3v) is 4.86. The van der Waals surface area contributed by atoms with Crippen molar-refractivity contribution >= 4 is 35.8 Å². The molecular formula is C18H38IN5O. The van der Waals surface area contributed by atoms with Crippen LogP contribution in [-0.2, 0) is 4.79 Å². The zero-order chi connectivity index (χ0) is 17.8. The van der Waals surface area contributed by atoms with Gasteiger partial charge >= 0.3 is 0 Å². The third-order valence-electron chi connectivity index (χ3n) is 4.86. The smallest absolute Gasteiger partial charge is 0.219 e. The van der Waals surface area contributed by atoms with Crippen molar-refractivity contribution in [1.29, 1.82) is 0 Å². The van der Waals surface area contributed by atoms with Gasteiger partial charge in [-0.25, -0.2) is 0 Å². The molecule has 1 rings (SSSR count). The molecule has 0 saturated carbocycles. The molecule has 6 nitrogen and oxygen atoms in total. The van der Waals surface area contributed by atoms with Gasteiger partial charge in [-0.15, -0.1) is 24.0 Å². The van der Waals surface area contributed by atoms with E-state index in [0.717, 1.165) is 57.7 Å². The molecule has 0 bridgehead atoms. The van der Waals surface area contributed by atoms with Gasteiger partial charge in [-0.1, -0.05) is 33.1 Å². The average Bonchev–Trinajstić information content (AvgIpc) is 2.60. The first-order valence-electron chi connectivity index (χ1n) is 9.53. The summed E-state index contributed by atoms with van der Waals surface area (Å²) >= 11 is 0.